The molecule has 0 aliphatic rings. The van der Waals surface area contributed by atoms with E-state index in [2.05, 4.69) is 19.2 Å². The van der Waals surface area contributed by atoms with E-state index in [0.717, 1.165) is 0 Å². The molecule has 0 saturated heterocycles. The van der Waals surface area contributed by atoms with Crippen molar-refractivity contribution in [3.05, 3.63) is 0 Å². The molecule has 3 N–H and O–H groups in total. The molecule has 0 rings (SSSR count). The highest BCUT2D eigenvalue weighted by Gasteiger charge is 1.93. The zero-order chi connectivity index (χ0) is 7.86. The lowest BCUT2D eigenvalue weighted by molar-refractivity contribution is 0.405. The molecule has 5 heteroatoms. The van der Waals surface area contributed by atoms with E-state index in [1.807, 2.05) is 7.05 Å². The van der Waals surface area contributed by atoms with Crippen LogP contribution in [0.2, 0.25) is 0 Å². The van der Waals surface area contributed by atoms with Crippen LogP contribution in [0.15, 0.2) is 0 Å². The molecule has 4 nitrogen and oxygen atoms in total. The first-order valence-electron chi connectivity index (χ1n) is 2.53. The van der Waals surface area contributed by atoms with Crippen LogP contribution in [0.5, 0.6) is 0 Å². The van der Waals surface area contributed by atoms with Gasteiger partial charge in [-0.1, -0.05) is 13.8 Å². The molecule has 0 radical (unpaired) electrons. The highest BCUT2D eigenvalue weighted by Crippen LogP contribution is 1.98. The minimum Gasteiger partial charge on any atom is -0.318 e. The summed E-state index contributed by atoms with van der Waals surface area (Å²) in [5.74, 6) is 0. The standard InChI is InChI=1S/C4H11N.HO3P/c1-4(2)5-3;1-4(2)3/h4-5H,1-3H3;(H-,1,2,3)/p+1. The molecule has 0 heterocycles. The number of hydrogen-bond acceptors (Lipinski definition) is 2. The summed E-state index contributed by atoms with van der Waals surface area (Å²) in [4.78, 5) is 14.2. The largest absolute Gasteiger partial charge is 0.692 e. The molecular formula is C4H13NO3P+. The van der Waals surface area contributed by atoms with Crippen molar-refractivity contribution in [3.8, 4) is 0 Å². The highest BCUT2D eigenvalue weighted by atomic mass is 31.1. The molecule has 0 aliphatic heterocycles. The van der Waals surface area contributed by atoms with Crippen molar-refractivity contribution < 1.29 is 14.4 Å². The summed E-state index contributed by atoms with van der Waals surface area (Å²) in [6.45, 7) is 4.22. The third-order valence-electron chi connectivity index (χ3n) is 0.577. The fourth-order valence-electron chi connectivity index (χ4n) is 0. The van der Waals surface area contributed by atoms with Crippen molar-refractivity contribution in [3.63, 3.8) is 0 Å². The lowest BCUT2D eigenvalue weighted by atomic mass is 10.4. The van der Waals surface area contributed by atoms with Crippen molar-refractivity contribution in [2.24, 2.45) is 0 Å². The van der Waals surface area contributed by atoms with Crippen LogP contribution in [-0.4, -0.2) is 22.9 Å². The fraction of sp³-hybridized carbons (Fsp3) is 1.00. The van der Waals surface area contributed by atoms with Gasteiger partial charge in [-0.25, -0.2) is 0 Å². The van der Waals surface area contributed by atoms with Gasteiger partial charge in [0.05, 0.1) is 0 Å². The minimum atomic E-state index is -2.87. The van der Waals surface area contributed by atoms with Gasteiger partial charge in [0.2, 0.25) is 0 Å². The van der Waals surface area contributed by atoms with Crippen LogP contribution < -0.4 is 5.32 Å². The Morgan fingerprint density at radius 2 is 1.56 bits per heavy atom. The second-order valence-corrected chi connectivity index (χ2v) is 2.20. The molecule has 0 aliphatic carbocycles. The molecular weight excluding hydrogens is 141 g/mol. The molecule has 9 heavy (non-hydrogen) atoms. The van der Waals surface area contributed by atoms with Crippen LogP contribution in [0.4, 0.5) is 0 Å². The van der Waals surface area contributed by atoms with Gasteiger partial charge in [0, 0.05) is 10.6 Å². The SMILES string of the molecule is CNC(C)C.O=[P+](O)O. The maximum Gasteiger partial charge on any atom is 0.692 e. The topological polar surface area (TPSA) is 69.6 Å². The lowest BCUT2D eigenvalue weighted by Gasteiger charge is -1.95. The number of nitrogens with one attached hydrogen (secondary N) is 1. The summed E-state index contributed by atoms with van der Waals surface area (Å²) in [5.41, 5.74) is 0. The van der Waals surface area contributed by atoms with Gasteiger partial charge in [-0.15, -0.1) is 9.79 Å². The average molecular weight is 154 g/mol. The second-order valence-electron chi connectivity index (χ2n) is 1.70. The Hall–Kier alpha value is -0.0200. The molecule has 0 saturated carbocycles. The third kappa shape index (κ3) is 72.8. The molecule has 0 fully saturated rings. The number of hydrogen-bond donors (Lipinski definition) is 3. The maximum absolute atomic E-state index is 8.70. The van der Waals surface area contributed by atoms with Gasteiger partial charge in [-0.3, -0.25) is 0 Å². The normalized spacial score (nSPS) is 8.22. The Morgan fingerprint density at radius 3 is 1.56 bits per heavy atom. The Labute approximate surface area is 55.9 Å². The zero-order valence-corrected chi connectivity index (χ0v) is 6.72. The van der Waals surface area contributed by atoms with Gasteiger partial charge < -0.3 is 5.32 Å². The van der Waals surface area contributed by atoms with E-state index in [1.54, 1.807) is 0 Å². The van der Waals surface area contributed by atoms with Gasteiger partial charge in [0.15, 0.2) is 0 Å². The minimum absolute atomic E-state index is 0.634. The summed E-state index contributed by atoms with van der Waals surface area (Å²) >= 11 is 0. The van der Waals surface area contributed by atoms with Crippen LogP contribution in [0.25, 0.3) is 0 Å². The molecule has 0 bridgehead atoms. The predicted octanol–water partition coefficient (Wildman–Crippen LogP) is 0.243. The van der Waals surface area contributed by atoms with Crippen molar-refractivity contribution in [2.45, 2.75) is 19.9 Å². The molecule has 0 aromatic heterocycles. The molecule has 0 aromatic carbocycles. The monoisotopic (exact) mass is 154 g/mol. The van der Waals surface area contributed by atoms with Gasteiger partial charge in [0.1, 0.15) is 0 Å². The van der Waals surface area contributed by atoms with Crippen molar-refractivity contribution >= 4 is 8.25 Å². The Kier molecular flexibility index (Phi) is 10.4. The summed E-state index contributed by atoms with van der Waals surface area (Å²) < 4.78 is 8.70. The van der Waals surface area contributed by atoms with Gasteiger partial charge in [0.25, 0.3) is 0 Å². The summed E-state index contributed by atoms with van der Waals surface area (Å²) in [7, 11) is -0.921. The first-order chi connectivity index (χ1) is 4.00. The number of rotatable bonds is 1. The predicted molar refractivity (Wildman–Crippen MR) is 36.2 cm³/mol. The van der Waals surface area contributed by atoms with Gasteiger partial charge in [-0.2, -0.15) is 0 Å². The van der Waals surface area contributed by atoms with E-state index in [1.165, 1.54) is 0 Å². The molecule has 0 amide bonds. The molecule has 0 unspecified atom stereocenters. The highest BCUT2D eigenvalue weighted by molar-refractivity contribution is 7.30. The van der Waals surface area contributed by atoms with Gasteiger partial charge >= 0.3 is 8.25 Å². The Balaban J connectivity index is 0. The third-order valence-corrected chi connectivity index (χ3v) is 0.577. The van der Waals surface area contributed by atoms with Crippen molar-refractivity contribution in [2.75, 3.05) is 7.05 Å². The van der Waals surface area contributed by atoms with E-state index in [9.17, 15) is 0 Å². The van der Waals surface area contributed by atoms with Crippen LogP contribution in [0.1, 0.15) is 13.8 Å². The molecule has 56 valence electrons. The smallest absolute Gasteiger partial charge is 0.318 e. The van der Waals surface area contributed by atoms with E-state index >= 15 is 0 Å². The summed E-state index contributed by atoms with van der Waals surface area (Å²) in [5, 5.41) is 3.03. The van der Waals surface area contributed by atoms with Crippen LogP contribution in [0, 0.1) is 0 Å². The van der Waals surface area contributed by atoms with Crippen LogP contribution >= 0.6 is 8.25 Å². The van der Waals surface area contributed by atoms with Gasteiger partial charge in [-0.05, 0) is 7.05 Å². The quantitative estimate of drug-likeness (QED) is 0.473. The summed E-state index contributed by atoms with van der Waals surface area (Å²) in [6, 6.07) is 0.634. The Morgan fingerprint density at radius 1 is 1.44 bits per heavy atom. The second kappa shape index (κ2) is 7.98. The molecule has 0 atom stereocenters. The summed E-state index contributed by atoms with van der Waals surface area (Å²) in [6.07, 6.45) is 0. The van der Waals surface area contributed by atoms with E-state index in [4.69, 9.17) is 14.4 Å². The maximum atomic E-state index is 8.70. The lowest BCUT2D eigenvalue weighted by Crippen LogP contribution is -2.15. The molecule has 0 aromatic rings. The van der Waals surface area contributed by atoms with Crippen molar-refractivity contribution in [1.29, 1.82) is 0 Å². The first-order valence-corrected chi connectivity index (χ1v) is 3.69. The van der Waals surface area contributed by atoms with Crippen LogP contribution in [0.3, 0.4) is 0 Å². The average Bonchev–Trinajstić information content (AvgIpc) is 1.65. The van der Waals surface area contributed by atoms with E-state index < -0.39 is 8.25 Å². The first kappa shape index (κ1) is 11.7. The zero-order valence-electron chi connectivity index (χ0n) is 5.83. The van der Waals surface area contributed by atoms with Crippen molar-refractivity contribution in [1.82, 2.24) is 5.32 Å². The molecule has 0 spiro atoms. The van der Waals surface area contributed by atoms with E-state index in [0.29, 0.717) is 6.04 Å². The fourth-order valence-corrected chi connectivity index (χ4v) is 0. The van der Waals surface area contributed by atoms with E-state index in [-0.39, 0.29) is 0 Å². The van der Waals surface area contributed by atoms with Crippen LogP contribution in [-0.2, 0) is 4.57 Å². The Bertz CT molecular complexity index is 72.2.